The van der Waals surface area contributed by atoms with Gasteiger partial charge in [-0.25, -0.2) is 0 Å². The molecule has 5 rings (SSSR count). The van der Waals surface area contributed by atoms with Crippen molar-refractivity contribution < 1.29 is 9.59 Å². The minimum absolute atomic E-state index is 0.00142. The molecule has 0 bridgehead atoms. The number of carbonyl (C=O) groups excluding carboxylic acids is 2. The number of rotatable bonds is 7. The van der Waals surface area contributed by atoms with Crippen molar-refractivity contribution >= 4 is 11.8 Å². The van der Waals surface area contributed by atoms with E-state index in [-0.39, 0.29) is 11.8 Å². The smallest absolute Gasteiger partial charge is 0.243 e. The van der Waals surface area contributed by atoms with Crippen molar-refractivity contribution in [3.05, 3.63) is 90.0 Å². The van der Waals surface area contributed by atoms with Crippen LogP contribution in [-0.2, 0) is 22.6 Å². The quantitative estimate of drug-likeness (QED) is 0.435. The molecule has 2 heterocycles. The van der Waals surface area contributed by atoms with Gasteiger partial charge in [-0.15, -0.1) is 10.2 Å². The third-order valence-electron chi connectivity index (χ3n) is 6.32. The van der Waals surface area contributed by atoms with E-state index < -0.39 is 6.04 Å². The number of tetrazole rings is 1. The summed E-state index contributed by atoms with van der Waals surface area (Å²) in [7, 11) is 0. The van der Waals surface area contributed by atoms with Crippen molar-refractivity contribution in [3.8, 4) is 22.5 Å². The second kappa shape index (κ2) is 10.3. The highest BCUT2D eigenvalue weighted by molar-refractivity contribution is 5.89. The van der Waals surface area contributed by atoms with Crippen LogP contribution in [0.3, 0.4) is 0 Å². The standard InChI is InChI=1S/C27H26N6O2/c34-25(17-19-7-2-1-3-8-19)33-16-6-11-24(33)27(35)28-18-20-12-14-21(15-13-20)22-9-4-5-10-23(22)26-29-31-32-30-26/h1-5,7-10,12-15,24H,6,11,16-18H2,(H,28,35)(H,29,30,31,32). The zero-order valence-corrected chi connectivity index (χ0v) is 19.2. The number of benzene rings is 3. The fourth-order valence-electron chi connectivity index (χ4n) is 4.52. The van der Waals surface area contributed by atoms with Gasteiger partial charge in [-0.2, -0.15) is 5.21 Å². The number of aromatic nitrogens is 4. The zero-order chi connectivity index (χ0) is 24.0. The van der Waals surface area contributed by atoms with Gasteiger partial charge in [-0.1, -0.05) is 78.9 Å². The number of amides is 2. The lowest BCUT2D eigenvalue weighted by atomic mass is 9.98. The van der Waals surface area contributed by atoms with Gasteiger partial charge in [0.25, 0.3) is 0 Å². The van der Waals surface area contributed by atoms with Gasteiger partial charge in [0, 0.05) is 18.7 Å². The van der Waals surface area contributed by atoms with Crippen LogP contribution in [0.25, 0.3) is 22.5 Å². The van der Waals surface area contributed by atoms with Crippen LogP contribution in [0.4, 0.5) is 0 Å². The summed E-state index contributed by atoms with van der Waals surface area (Å²) in [6.45, 7) is 1.03. The molecular weight excluding hydrogens is 440 g/mol. The minimum Gasteiger partial charge on any atom is -0.350 e. The van der Waals surface area contributed by atoms with Gasteiger partial charge in [-0.05, 0) is 40.3 Å². The van der Waals surface area contributed by atoms with Crippen molar-refractivity contribution in [2.45, 2.75) is 31.8 Å². The van der Waals surface area contributed by atoms with Crippen molar-refractivity contribution in [1.82, 2.24) is 30.8 Å². The fraction of sp³-hybridized carbons (Fsp3) is 0.222. The number of hydrogen-bond donors (Lipinski definition) is 2. The molecule has 2 N–H and O–H groups in total. The molecule has 1 saturated heterocycles. The Bertz CT molecular complexity index is 1290. The minimum atomic E-state index is -0.410. The molecule has 2 amide bonds. The maximum atomic E-state index is 12.9. The molecule has 8 heteroatoms. The van der Waals surface area contributed by atoms with Crippen molar-refractivity contribution in [2.75, 3.05) is 6.54 Å². The van der Waals surface area contributed by atoms with Gasteiger partial charge in [0.1, 0.15) is 6.04 Å². The number of nitrogens with one attached hydrogen (secondary N) is 2. The number of likely N-dealkylation sites (tertiary alicyclic amines) is 1. The molecule has 1 aromatic heterocycles. The molecular formula is C27H26N6O2. The van der Waals surface area contributed by atoms with Crippen LogP contribution >= 0.6 is 0 Å². The Morgan fingerprint density at radius 1 is 0.914 bits per heavy atom. The number of hydrogen-bond acceptors (Lipinski definition) is 5. The first kappa shape index (κ1) is 22.5. The molecule has 1 aliphatic rings. The van der Waals surface area contributed by atoms with Gasteiger partial charge in [-0.3, -0.25) is 9.59 Å². The highest BCUT2D eigenvalue weighted by Gasteiger charge is 2.33. The Labute approximate surface area is 203 Å². The molecule has 1 fully saturated rings. The third-order valence-corrected chi connectivity index (χ3v) is 6.32. The van der Waals surface area contributed by atoms with Gasteiger partial charge in [0.2, 0.25) is 17.6 Å². The summed E-state index contributed by atoms with van der Waals surface area (Å²) >= 11 is 0. The van der Waals surface area contributed by atoms with Crippen LogP contribution in [0, 0.1) is 0 Å². The molecule has 1 unspecified atom stereocenters. The van der Waals surface area contributed by atoms with Gasteiger partial charge in [0.15, 0.2) is 0 Å². The maximum Gasteiger partial charge on any atom is 0.243 e. The van der Waals surface area contributed by atoms with E-state index in [2.05, 4.69) is 25.9 Å². The lowest BCUT2D eigenvalue weighted by Gasteiger charge is -2.24. The number of H-pyrrole nitrogens is 1. The van der Waals surface area contributed by atoms with E-state index in [1.165, 1.54) is 0 Å². The normalized spacial score (nSPS) is 15.2. The van der Waals surface area contributed by atoms with Crippen LogP contribution < -0.4 is 5.32 Å². The summed E-state index contributed by atoms with van der Waals surface area (Å²) in [5, 5.41) is 17.4. The van der Waals surface area contributed by atoms with Gasteiger partial charge < -0.3 is 10.2 Å². The number of aromatic amines is 1. The summed E-state index contributed by atoms with van der Waals surface area (Å²) in [5.74, 6) is 0.439. The number of carbonyl (C=O) groups is 2. The Morgan fingerprint density at radius 3 is 2.40 bits per heavy atom. The first-order valence-electron chi connectivity index (χ1n) is 11.7. The summed E-state index contributed by atoms with van der Waals surface area (Å²) in [4.78, 5) is 27.5. The van der Waals surface area contributed by atoms with Crippen molar-refractivity contribution in [1.29, 1.82) is 0 Å². The number of nitrogens with zero attached hydrogens (tertiary/aromatic N) is 4. The predicted octanol–water partition coefficient (Wildman–Crippen LogP) is 3.38. The van der Waals surface area contributed by atoms with Crippen LogP contribution in [0.15, 0.2) is 78.9 Å². The molecule has 176 valence electrons. The second-order valence-electron chi connectivity index (χ2n) is 8.60. The van der Waals surface area contributed by atoms with E-state index >= 15 is 0 Å². The summed E-state index contributed by atoms with van der Waals surface area (Å²) in [6.07, 6.45) is 1.85. The molecule has 4 aromatic rings. The largest absolute Gasteiger partial charge is 0.350 e. The summed E-state index contributed by atoms with van der Waals surface area (Å²) < 4.78 is 0. The van der Waals surface area contributed by atoms with Crippen LogP contribution in [0.5, 0.6) is 0 Å². The van der Waals surface area contributed by atoms with Crippen molar-refractivity contribution in [2.24, 2.45) is 0 Å². The Balaban J connectivity index is 1.21. The van der Waals surface area contributed by atoms with E-state index in [0.717, 1.165) is 34.2 Å². The molecule has 8 nitrogen and oxygen atoms in total. The molecule has 0 spiro atoms. The Morgan fingerprint density at radius 2 is 1.66 bits per heavy atom. The van der Waals surface area contributed by atoms with E-state index in [1.54, 1.807) is 4.90 Å². The summed E-state index contributed by atoms with van der Waals surface area (Å²) in [6, 6.07) is 25.2. The predicted molar refractivity (Wildman–Crippen MR) is 132 cm³/mol. The molecule has 0 radical (unpaired) electrons. The van der Waals surface area contributed by atoms with Crippen LogP contribution in [0.1, 0.15) is 24.0 Å². The van der Waals surface area contributed by atoms with E-state index in [9.17, 15) is 9.59 Å². The average Bonchev–Trinajstić information content (AvgIpc) is 3.61. The molecule has 3 aromatic carbocycles. The first-order chi connectivity index (χ1) is 17.2. The lowest BCUT2D eigenvalue weighted by molar-refractivity contribution is -0.138. The first-order valence-corrected chi connectivity index (χ1v) is 11.7. The summed E-state index contributed by atoms with van der Waals surface area (Å²) in [5.41, 5.74) is 4.87. The highest BCUT2D eigenvalue weighted by Crippen LogP contribution is 2.29. The monoisotopic (exact) mass is 466 g/mol. The Kier molecular flexibility index (Phi) is 6.61. The van der Waals surface area contributed by atoms with Crippen molar-refractivity contribution in [3.63, 3.8) is 0 Å². The average molecular weight is 467 g/mol. The lowest BCUT2D eigenvalue weighted by Crippen LogP contribution is -2.46. The molecule has 0 aliphatic carbocycles. The Hall–Kier alpha value is -4.33. The van der Waals surface area contributed by atoms with Crippen LogP contribution in [0.2, 0.25) is 0 Å². The molecule has 0 saturated carbocycles. The zero-order valence-electron chi connectivity index (χ0n) is 19.2. The van der Waals surface area contributed by atoms with Gasteiger partial charge in [0.05, 0.1) is 6.42 Å². The van der Waals surface area contributed by atoms with E-state index in [4.69, 9.17) is 0 Å². The fourth-order valence-corrected chi connectivity index (χ4v) is 4.52. The second-order valence-corrected chi connectivity index (χ2v) is 8.60. The van der Waals surface area contributed by atoms with Crippen LogP contribution in [-0.4, -0.2) is 49.9 Å². The third kappa shape index (κ3) is 5.11. The van der Waals surface area contributed by atoms with Gasteiger partial charge >= 0.3 is 0 Å². The topological polar surface area (TPSA) is 104 Å². The van der Waals surface area contributed by atoms with E-state index in [0.29, 0.717) is 31.8 Å². The SMILES string of the molecule is O=C(NCc1ccc(-c2ccccc2-c2nn[nH]n2)cc1)C1CCCN1C(=O)Cc1ccccc1. The maximum absolute atomic E-state index is 12.9. The molecule has 35 heavy (non-hydrogen) atoms. The molecule has 1 atom stereocenters. The molecule has 1 aliphatic heterocycles. The van der Waals surface area contributed by atoms with E-state index in [1.807, 2.05) is 78.9 Å². The highest BCUT2D eigenvalue weighted by atomic mass is 16.2.